The minimum absolute atomic E-state index is 0.0807. The lowest BCUT2D eigenvalue weighted by atomic mass is 10.1. The molecular formula is C20H26N2O2. The van der Waals surface area contributed by atoms with Crippen LogP contribution in [0.3, 0.4) is 0 Å². The third-order valence-corrected chi connectivity index (χ3v) is 3.79. The first-order valence-corrected chi connectivity index (χ1v) is 8.47. The van der Waals surface area contributed by atoms with E-state index in [1.165, 1.54) is 11.1 Å². The van der Waals surface area contributed by atoms with Crippen LogP contribution in [0.5, 0.6) is 0 Å². The molecule has 0 atom stereocenters. The Kier molecular flexibility index (Phi) is 7.84. The lowest BCUT2D eigenvalue weighted by molar-refractivity contribution is -0.121. The number of anilines is 1. The Morgan fingerprint density at radius 3 is 2.38 bits per heavy atom. The zero-order valence-electron chi connectivity index (χ0n) is 14.0. The van der Waals surface area contributed by atoms with Gasteiger partial charge in [0.15, 0.2) is 0 Å². The minimum Gasteiger partial charge on any atom is -0.399 e. The lowest BCUT2D eigenvalue weighted by Crippen LogP contribution is -2.25. The second-order valence-electron chi connectivity index (χ2n) is 5.79. The molecular weight excluding hydrogens is 300 g/mol. The standard InChI is InChI=1S/C20H26N2O2/c21-19-10-8-18(9-11-19)12-14-22-20(23)7-4-15-24-16-13-17-5-2-1-3-6-17/h1-3,5-6,8-11H,4,7,12-16,21H2,(H,22,23). The number of nitrogens with two attached hydrogens (primary N) is 1. The summed E-state index contributed by atoms with van der Waals surface area (Å²) < 4.78 is 5.58. The number of amides is 1. The van der Waals surface area contributed by atoms with Gasteiger partial charge in [-0.15, -0.1) is 0 Å². The van der Waals surface area contributed by atoms with Crippen LogP contribution in [0.25, 0.3) is 0 Å². The maximum Gasteiger partial charge on any atom is 0.220 e. The number of hydrogen-bond acceptors (Lipinski definition) is 3. The number of carbonyl (C=O) groups excluding carboxylic acids is 1. The molecule has 0 spiro atoms. The molecule has 4 nitrogen and oxygen atoms in total. The largest absolute Gasteiger partial charge is 0.399 e. The van der Waals surface area contributed by atoms with Crippen LogP contribution >= 0.6 is 0 Å². The summed E-state index contributed by atoms with van der Waals surface area (Å²) >= 11 is 0. The molecule has 24 heavy (non-hydrogen) atoms. The van der Waals surface area contributed by atoms with E-state index in [-0.39, 0.29) is 5.91 Å². The van der Waals surface area contributed by atoms with E-state index in [0.717, 1.165) is 24.9 Å². The number of nitrogen functional groups attached to an aromatic ring is 1. The van der Waals surface area contributed by atoms with Crippen LogP contribution in [0, 0.1) is 0 Å². The van der Waals surface area contributed by atoms with Crippen molar-refractivity contribution in [2.75, 3.05) is 25.5 Å². The van der Waals surface area contributed by atoms with Crippen molar-refractivity contribution < 1.29 is 9.53 Å². The van der Waals surface area contributed by atoms with Gasteiger partial charge in [0.2, 0.25) is 5.91 Å². The summed E-state index contributed by atoms with van der Waals surface area (Å²) in [4.78, 5) is 11.8. The van der Waals surface area contributed by atoms with Crippen LogP contribution in [0.2, 0.25) is 0 Å². The molecule has 0 heterocycles. The summed E-state index contributed by atoms with van der Waals surface area (Å²) in [5.41, 5.74) is 8.85. The van der Waals surface area contributed by atoms with E-state index < -0.39 is 0 Å². The third kappa shape index (κ3) is 7.29. The summed E-state index contributed by atoms with van der Waals surface area (Å²) in [6, 6.07) is 18.0. The molecule has 0 saturated carbocycles. The molecule has 3 N–H and O–H groups in total. The minimum atomic E-state index is 0.0807. The number of ether oxygens (including phenoxy) is 1. The molecule has 1 amide bonds. The van der Waals surface area contributed by atoms with E-state index in [9.17, 15) is 4.79 Å². The molecule has 4 heteroatoms. The Morgan fingerprint density at radius 1 is 0.917 bits per heavy atom. The van der Waals surface area contributed by atoms with Crippen molar-refractivity contribution in [3.63, 3.8) is 0 Å². The predicted octanol–water partition coefficient (Wildman–Crippen LogP) is 2.97. The van der Waals surface area contributed by atoms with Crippen molar-refractivity contribution >= 4 is 11.6 Å². The lowest BCUT2D eigenvalue weighted by Gasteiger charge is -2.07. The molecule has 2 rings (SSSR count). The normalized spacial score (nSPS) is 10.5. The van der Waals surface area contributed by atoms with Crippen LogP contribution in [0.1, 0.15) is 24.0 Å². The average Bonchev–Trinajstić information content (AvgIpc) is 2.60. The molecule has 2 aromatic carbocycles. The van der Waals surface area contributed by atoms with Crippen molar-refractivity contribution in [3.05, 3.63) is 65.7 Å². The van der Waals surface area contributed by atoms with Crippen molar-refractivity contribution in [2.45, 2.75) is 25.7 Å². The fourth-order valence-corrected chi connectivity index (χ4v) is 2.39. The molecule has 0 radical (unpaired) electrons. The molecule has 128 valence electrons. The van der Waals surface area contributed by atoms with Crippen molar-refractivity contribution in [1.82, 2.24) is 5.32 Å². The van der Waals surface area contributed by atoms with Crippen LogP contribution < -0.4 is 11.1 Å². The second kappa shape index (κ2) is 10.4. The first kappa shape index (κ1) is 18.0. The van der Waals surface area contributed by atoms with E-state index in [0.29, 0.717) is 26.2 Å². The molecule has 0 fully saturated rings. The maximum atomic E-state index is 11.8. The van der Waals surface area contributed by atoms with Crippen molar-refractivity contribution in [2.24, 2.45) is 0 Å². The van der Waals surface area contributed by atoms with E-state index in [2.05, 4.69) is 17.4 Å². The molecule has 0 bridgehead atoms. The molecule has 2 aromatic rings. The molecule has 0 saturated heterocycles. The van der Waals surface area contributed by atoms with Crippen LogP contribution in [0.4, 0.5) is 5.69 Å². The van der Waals surface area contributed by atoms with Gasteiger partial charge in [0.25, 0.3) is 0 Å². The molecule has 0 aromatic heterocycles. The highest BCUT2D eigenvalue weighted by molar-refractivity contribution is 5.75. The Balaban J connectivity index is 1.47. The first-order chi connectivity index (χ1) is 11.7. The Bertz CT molecular complexity index is 597. The van der Waals surface area contributed by atoms with Gasteiger partial charge >= 0.3 is 0 Å². The van der Waals surface area contributed by atoms with Gasteiger partial charge < -0.3 is 15.8 Å². The third-order valence-electron chi connectivity index (χ3n) is 3.79. The summed E-state index contributed by atoms with van der Waals surface area (Å²) in [6.07, 6.45) is 2.99. The predicted molar refractivity (Wildman–Crippen MR) is 97.8 cm³/mol. The number of carbonyl (C=O) groups is 1. The van der Waals surface area contributed by atoms with Gasteiger partial charge in [0.05, 0.1) is 6.61 Å². The summed E-state index contributed by atoms with van der Waals surface area (Å²) in [5, 5.41) is 2.94. The van der Waals surface area contributed by atoms with Crippen molar-refractivity contribution in [1.29, 1.82) is 0 Å². The fraction of sp³-hybridized carbons (Fsp3) is 0.350. The Labute approximate surface area is 144 Å². The number of nitrogens with one attached hydrogen (secondary N) is 1. The van der Waals surface area contributed by atoms with Gasteiger partial charge in [-0.05, 0) is 42.5 Å². The quantitative estimate of drug-likeness (QED) is 0.521. The van der Waals surface area contributed by atoms with Gasteiger partial charge in [-0.25, -0.2) is 0 Å². The summed E-state index contributed by atoms with van der Waals surface area (Å²) in [6.45, 7) is 1.97. The van der Waals surface area contributed by atoms with Crippen molar-refractivity contribution in [3.8, 4) is 0 Å². The van der Waals surface area contributed by atoms with Gasteiger partial charge in [-0.2, -0.15) is 0 Å². The second-order valence-corrected chi connectivity index (χ2v) is 5.79. The number of hydrogen-bond donors (Lipinski definition) is 2. The van der Waals surface area contributed by atoms with E-state index in [4.69, 9.17) is 10.5 Å². The molecule has 0 unspecified atom stereocenters. The van der Waals surface area contributed by atoms with E-state index in [1.54, 1.807) is 0 Å². The SMILES string of the molecule is Nc1ccc(CCNC(=O)CCCOCCc2ccccc2)cc1. The Morgan fingerprint density at radius 2 is 1.62 bits per heavy atom. The van der Waals surface area contributed by atoms with Gasteiger partial charge in [-0.3, -0.25) is 4.79 Å². The van der Waals surface area contributed by atoms with Gasteiger partial charge in [-0.1, -0.05) is 42.5 Å². The highest BCUT2D eigenvalue weighted by atomic mass is 16.5. The Hall–Kier alpha value is -2.33. The number of benzene rings is 2. The topological polar surface area (TPSA) is 64.3 Å². The average molecular weight is 326 g/mol. The van der Waals surface area contributed by atoms with Crippen LogP contribution in [-0.2, 0) is 22.4 Å². The number of rotatable bonds is 10. The monoisotopic (exact) mass is 326 g/mol. The van der Waals surface area contributed by atoms with E-state index in [1.807, 2.05) is 42.5 Å². The molecule has 0 aliphatic heterocycles. The smallest absolute Gasteiger partial charge is 0.220 e. The summed E-state index contributed by atoms with van der Waals surface area (Å²) in [5.74, 6) is 0.0807. The zero-order chi connectivity index (χ0) is 17.0. The maximum absolute atomic E-state index is 11.8. The van der Waals surface area contributed by atoms with Crippen LogP contribution in [-0.4, -0.2) is 25.7 Å². The van der Waals surface area contributed by atoms with Crippen LogP contribution in [0.15, 0.2) is 54.6 Å². The highest BCUT2D eigenvalue weighted by Crippen LogP contribution is 2.05. The van der Waals surface area contributed by atoms with Gasteiger partial charge in [0.1, 0.15) is 0 Å². The highest BCUT2D eigenvalue weighted by Gasteiger charge is 2.01. The first-order valence-electron chi connectivity index (χ1n) is 8.47. The van der Waals surface area contributed by atoms with Gasteiger partial charge in [0, 0.05) is 25.3 Å². The van der Waals surface area contributed by atoms with E-state index >= 15 is 0 Å². The molecule has 0 aliphatic rings. The molecule has 0 aliphatic carbocycles. The summed E-state index contributed by atoms with van der Waals surface area (Å²) in [7, 11) is 0. The zero-order valence-corrected chi connectivity index (χ0v) is 14.0. The fourth-order valence-electron chi connectivity index (χ4n) is 2.39.